The third-order valence-corrected chi connectivity index (χ3v) is 4.41. The van der Waals surface area contributed by atoms with Gasteiger partial charge >= 0.3 is 0 Å². The first kappa shape index (κ1) is 13.9. The Morgan fingerprint density at radius 1 is 0.905 bits per heavy atom. The first-order valence-corrected chi connectivity index (χ1v) is 7.89. The molecule has 0 saturated carbocycles. The highest BCUT2D eigenvalue weighted by atomic mass is 32.2. The third-order valence-electron chi connectivity index (χ3n) is 3.43. The van der Waals surface area contributed by atoms with E-state index in [0.717, 1.165) is 22.4 Å². The van der Waals surface area contributed by atoms with Gasteiger partial charge in [-0.05, 0) is 37.1 Å². The van der Waals surface area contributed by atoms with Crippen LogP contribution in [0, 0.1) is 13.8 Å². The average molecular weight is 295 g/mol. The molecular formula is C17H17N3S. The summed E-state index contributed by atoms with van der Waals surface area (Å²) in [6, 6.07) is 18.7. The maximum absolute atomic E-state index is 4.31. The fourth-order valence-corrected chi connectivity index (χ4v) is 3.30. The average Bonchev–Trinajstić information content (AvgIpc) is 2.88. The number of benzene rings is 2. The number of aryl methyl sites for hydroxylation is 2. The van der Waals surface area contributed by atoms with Gasteiger partial charge in [0.2, 0.25) is 0 Å². The molecule has 0 aliphatic rings. The van der Waals surface area contributed by atoms with Gasteiger partial charge in [0.25, 0.3) is 0 Å². The molecule has 106 valence electrons. The van der Waals surface area contributed by atoms with Crippen LogP contribution in [0.5, 0.6) is 0 Å². The van der Waals surface area contributed by atoms with Crippen LogP contribution in [0.25, 0.3) is 5.69 Å². The largest absolute Gasteiger partial charge is 0.274 e. The first-order valence-electron chi connectivity index (χ1n) is 6.90. The van der Waals surface area contributed by atoms with Crippen molar-refractivity contribution in [3.05, 3.63) is 71.5 Å². The van der Waals surface area contributed by atoms with Gasteiger partial charge in [0.1, 0.15) is 5.82 Å². The molecular weight excluding hydrogens is 278 g/mol. The molecule has 0 bridgehead atoms. The second-order valence-electron chi connectivity index (χ2n) is 4.92. The van der Waals surface area contributed by atoms with Gasteiger partial charge in [-0.2, -0.15) is 0 Å². The Hall–Kier alpha value is -2.07. The lowest BCUT2D eigenvalue weighted by Gasteiger charge is -2.09. The van der Waals surface area contributed by atoms with Crippen LogP contribution in [0.1, 0.15) is 17.0 Å². The molecule has 21 heavy (non-hydrogen) atoms. The predicted octanol–water partition coefficient (Wildman–Crippen LogP) is 4.18. The van der Waals surface area contributed by atoms with Gasteiger partial charge in [0.05, 0.1) is 0 Å². The van der Waals surface area contributed by atoms with E-state index in [4.69, 9.17) is 0 Å². The van der Waals surface area contributed by atoms with E-state index in [1.54, 1.807) is 11.8 Å². The monoisotopic (exact) mass is 295 g/mol. The lowest BCUT2D eigenvalue weighted by atomic mass is 10.1. The second kappa shape index (κ2) is 6.14. The maximum Gasteiger partial charge on any atom is 0.196 e. The lowest BCUT2D eigenvalue weighted by Crippen LogP contribution is -1.99. The molecule has 0 fully saturated rings. The lowest BCUT2D eigenvalue weighted by molar-refractivity contribution is 0.868. The number of para-hydroxylation sites is 1. The number of hydrogen-bond donors (Lipinski definition) is 0. The second-order valence-corrected chi connectivity index (χ2v) is 5.86. The van der Waals surface area contributed by atoms with Crippen LogP contribution in [0.4, 0.5) is 0 Å². The molecule has 0 amide bonds. The van der Waals surface area contributed by atoms with Crippen LogP contribution in [0.2, 0.25) is 0 Å². The van der Waals surface area contributed by atoms with Crippen LogP contribution < -0.4 is 0 Å². The number of rotatable bonds is 4. The van der Waals surface area contributed by atoms with Crippen molar-refractivity contribution in [2.75, 3.05) is 0 Å². The van der Waals surface area contributed by atoms with E-state index in [2.05, 4.69) is 58.1 Å². The fourth-order valence-electron chi connectivity index (χ4n) is 2.23. The molecule has 3 aromatic rings. The Balaban J connectivity index is 1.86. The molecule has 0 N–H and O–H groups in total. The van der Waals surface area contributed by atoms with Gasteiger partial charge in [-0.3, -0.25) is 4.57 Å². The summed E-state index contributed by atoms with van der Waals surface area (Å²) in [5.74, 6) is 1.81. The molecule has 0 unspecified atom stereocenters. The van der Waals surface area contributed by atoms with Crippen molar-refractivity contribution < 1.29 is 0 Å². The van der Waals surface area contributed by atoms with Gasteiger partial charge in [0.15, 0.2) is 5.16 Å². The molecule has 0 spiro atoms. The topological polar surface area (TPSA) is 30.7 Å². The third kappa shape index (κ3) is 3.00. The summed E-state index contributed by atoms with van der Waals surface area (Å²) in [5, 5.41) is 9.46. The van der Waals surface area contributed by atoms with E-state index in [0.29, 0.717) is 0 Å². The van der Waals surface area contributed by atoms with Crippen molar-refractivity contribution in [3.63, 3.8) is 0 Å². The smallest absolute Gasteiger partial charge is 0.196 e. The molecule has 1 aromatic heterocycles. The quantitative estimate of drug-likeness (QED) is 0.677. The van der Waals surface area contributed by atoms with Crippen LogP contribution >= 0.6 is 11.8 Å². The van der Waals surface area contributed by atoms with Crippen molar-refractivity contribution in [2.24, 2.45) is 0 Å². The van der Waals surface area contributed by atoms with Crippen LogP contribution in [-0.4, -0.2) is 14.8 Å². The Morgan fingerprint density at radius 2 is 1.62 bits per heavy atom. The minimum Gasteiger partial charge on any atom is -0.274 e. The van der Waals surface area contributed by atoms with Gasteiger partial charge < -0.3 is 0 Å². The van der Waals surface area contributed by atoms with Crippen molar-refractivity contribution in [2.45, 2.75) is 24.8 Å². The van der Waals surface area contributed by atoms with Gasteiger partial charge in [0, 0.05) is 11.4 Å². The Bertz CT molecular complexity index is 735. The highest BCUT2D eigenvalue weighted by Crippen LogP contribution is 2.25. The van der Waals surface area contributed by atoms with E-state index in [1.165, 1.54) is 11.1 Å². The van der Waals surface area contributed by atoms with E-state index in [9.17, 15) is 0 Å². The van der Waals surface area contributed by atoms with Gasteiger partial charge in [-0.1, -0.05) is 54.2 Å². The van der Waals surface area contributed by atoms with E-state index < -0.39 is 0 Å². The minimum atomic E-state index is 0.900. The standard InChI is InChI=1S/C17H17N3S/c1-13-8-6-7-9-15(13)12-21-17-19-18-14(2)20(17)16-10-4-3-5-11-16/h3-11H,12H2,1-2H3. The SMILES string of the molecule is Cc1ccccc1CSc1nnc(C)n1-c1ccccc1. The highest BCUT2D eigenvalue weighted by Gasteiger charge is 2.11. The molecule has 1 heterocycles. The van der Waals surface area contributed by atoms with Crippen LogP contribution in [0.3, 0.4) is 0 Å². The molecule has 0 aliphatic heterocycles. The number of hydrogen-bond acceptors (Lipinski definition) is 3. The Morgan fingerprint density at radius 3 is 2.38 bits per heavy atom. The summed E-state index contributed by atoms with van der Waals surface area (Å²) in [5.41, 5.74) is 3.75. The molecule has 0 aliphatic carbocycles. The van der Waals surface area contributed by atoms with Crippen molar-refractivity contribution in [1.82, 2.24) is 14.8 Å². The molecule has 3 rings (SSSR count). The molecule has 4 heteroatoms. The summed E-state index contributed by atoms with van der Waals surface area (Å²) >= 11 is 1.72. The molecule has 0 radical (unpaired) electrons. The van der Waals surface area contributed by atoms with Gasteiger partial charge in [-0.25, -0.2) is 0 Å². The Labute approximate surface area is 129 Å². The molecule has 0 saturated heterocycles. The number of aromatic nitrogens is 3. The predicted molar refractivity (Wildman–Crippen MR) is 86.8 cm³/mol. The molecule has 2 aromatic carbocycles. The van der Waals surface area contributed by atoms with Crippen LogP contribution in [0.15, 0.2) is 59.8 Å². The minimum absolute atomic E-state index is 0.900. The molecule has 0 atom stereocenters. The summed E-state index contributed by atoms with van der Waals surface area (Å²) in [6.07, 6.45) is 0. The van der Waals surface area contributed by atoms with E-state index in [1.807, 2.05) is 25.1 Å². The normalized spacial score (nSPS) is 10.8. The zero-order valence-electron chi connectivity index (χ0n) is 12.2. The summed E-state index contributed by atoms with van der Waals surface area (Å²) < 4.78 is 2.10. The molecule has 3 nitrogen and oxygen atoms in total. The van der Waals surface area contributed by atoms with Crippen molar-refractivity contribution in [1.29, 1.82) is 0 Å². The van der Waals surface area contributed by atoms with Gasteiger partial charge in [-0.15, -0.1) is 10.2 Å². The Kier molecular flexibility index (Phi) is 4.06. The van der Waals surface area contributed by atoms with E-state index in [-0.39, 0.29) is 0 Å². The van der Waals surface area contributed by atoms with E-state index >= 15 is 0 Å². The fraction of sp³-hybridized carbons (Fsp3) is 0.176. The number of nitrogens with zero attached hydrogens (tertiary/aromatic N) is 3. The first-order chi connectivity index (χ1) is 10.3. The zero-order valence-corrected chi connectivity index (χ0v) is 13.0. The van der Waals surface area contributed by atoms with Crippen LogP contribution in [-0.2, 0) is 5.75 Å². The summed E-state index contributed by atoms with van der Waals surface area (Å²) in [6.45, 7) is 4.13. The van der Waals surface area contributed by atoms with Crippen molar-refractivity contribution in [3.8, 4) is 5.69 Å². The summed E-state index contributed by atoms with van der Waals surface area (Å²) in [4.78, 5) is 0. The number of thioether (sulfide) groups is 1. The zero-order chi connectivity index (χ0) is 14.7. The summed E-state index contributed by atoms with van der Waals surface area (Å²) in [7, 11) is 0. The van der Waals surface area contributed by atoms with Crippen molar-refractivity contribution >= 4 is 11.8 Å². The highest BCUT2D eigenvalue weighted by molar-refractivity contribution is 7.98. The maximum atomic E-state index is 4.31.